The zero-order valence-corrected chi connectivity index (χ0v) is 16.1. The number of nitrogens with two attached hydrogens (primary N) is 1. The molecular weight excluding hydrogens is 400 g/mol. The van der Waals surface area contributed by atoms with Crippen LogP contribution in [0.4, 0.5) is 5.95 Å². The summed E-state index contributed by atoms with van der Waals surface area (Å²) in [7, 11) is 0. The Kier molecular flexibility index (Phi) is 4.62. The van der Waals surface area contributed by atoms with E-state index in [1.165, 1.54) is 11.3 Å². The van der Waals surface area contributed by atoms with Crippen molar-refractivity contribution >= 4 is 43.4 Å². The lowest BCUT2D eigenvalue weighted by molar-refractivity contribution is 0.492. The number of benzene rings is 1. The lowest BCUT2D eigenvalue weighted by atomic mass is 10.1. The molecule has 1 aromatic carbocycles. The van der Waals surface area contributed by atoms with Crippen molar-refractivity contribution in [1.82, 2.24) is 9.55 Å². The highest BCUT2D eigenvalue weighted by Crippen LogP contribution is 2.23. The van der Waals surface area contributed by atoms with E-state index >= 15 is 0 Å². The van der Waals surface area contributed by atoms with Crippen molar-refractivity contribution in [3.8, 4) is 0 Å². The number of aromatic nitrogens is 2. The normalized spacial score (nSPS) is 18.0. The van der Waals surface area contributed by atoms with Gasteiger partial charge in [0.1, 0.15) is 4.70 Å². The van der Waals surface area contributed by atoms with E-state index in [1.54, 1.807) is 4.57 Å². The van der Waals surface area contributed by atoms with Gasteiger partial charge >= 0.3 is 0 Å². The topological polar surface area (TPSA) is 64.2 Å². The van der Waals surface area contributed by atoms with Crippen molar-refractivity contribution in [2.45, 2.75) is 25.4 Å². The average Bonchev–Trinajstić information content (AvgIpc) is 3.08. The highest BCUT2D eigenvalue weighted by atomic mass is 79.9. The molecule has 0 aliphatic carbocycles. The van der Waals surface area contributed by atoms with Crippen LogP contribution in [0.1, 0.15) is 18.4 Å². The average molecular weight is 419 g/mol. The maximum atomic E-state index is 13.1. The van der Waals surface area contributed by atoms with E-state index in [0.717, 1.165) is 47.4 Å². The highest BCUT2D eigenvalue weighted by molar-refractivity contribution is 9.10. The summed E-state index contributed by atoms with van der Waals surface area (Å²) in [6.07, 6.45) is 2.05. The second-order valence-electron chi connectivity index (χ2n) is 6.41. The third-order valence-electron chi connectivity index (χ3n) is 4.54. The SMILES string of the molecule is NC1CCCN(c2nc3ccsc3c(=O)n2Cc2ccc(Br)cc2)C1. The van der Waals surface area contributed by atoms with Gasteiger partial charge in [-0.05, 0) is 42.0 Å². The fourth-order valence-corrected chi connectivity index (χ4v) is 4.32. The maximum absolute atomic E-state index is 13.1. The molecule has 1 unspecified atom stereocenters. The fraction of sp³-hybridized carbons (Fsp3) is 0.333. The molecule has 7 heteroatoms. The van der Waals surface area contributed by atoms with Gasteiger partial charge in [0.2, 0.25) is 5.95 Å². The Bertz CT molecular complexity index is 950. The molecule has 5 nitrogen and oxygen atoms in total. The Labute approximate surface area is 158 Å². The van der Waals surface area contributed by atoms with Crippen LogP contribution in [0.25, 0.3) is 10.2 Å². The minimum Gasteiger partial charge on any atom is -0.341 e. The molecule has 25 heavy (non-hydrogen) atoms. The van der Waals surface area contributed by atoms with E-state index in [2.05, 4.69) is 20.8 Å². The van der Waals surface area contributed by atoms with Gasteiger partial charge < -0.3 is 10.6 Å². The van der Waals surface area contributed by atoms with Crippen LogP contribution < -0.4 is 16.2 Å². The van der Waals surface area contributed by atoms with Gasteiger partial charge in [-0.25, -0.2) is 4.98 Å². The summed E-state index contributed by atoms with van der Waals surface area (Å²) in [6, 6.07) is 10.1. The van der Waals surface area contributed by atoms with Crippen molar-refractivity contribution in [3.63, 3.8) is 0 Å². The second kappa shape index (κ2) is 6.90. The fourth-order valence-electron chi connectivity index (χ4n) is 3.28. The molecule has 3 aromatic rings. The van der Waals surface area contributed by atoms with Gasteiger partial charge in [-0.15, -0.1) is 11.3 Å². The van der Waals surface area contributed by atoms with Crippen LogP contribution in [0, 0.1) is 0 Å². The van der Waals surface area contributed by atoms with Crippen LogP contribution in [0.5, 0.6) is 0 Å². The molecule has 0 radical (unpaired) electrons. The number of piperidine rings is 1. The molecule has 2 N–H and O–H groups in total. The van der Waals surface area contributed by atoms with Crippen LogP contribution in [0.3, 0.4) is 0 Å². The minimum absolute atomic E-state index is 0.0251. The Morgan fingerprint density at radius 2 is 2.08 bits per heavy atom. The van der Waals surface area contributed by atoms with Crippen molar-refractivity contribution < 1.29 is 0 Å². The first-order valence-electron chi connectivity index (χ1n) is 8.35. The van der Waals surface area contributed by atoms with E-state index in [-0.39, 0.29) is 11.6 Å². The molecule has 1 fully saturated rings. The summed E-state index contributed by atoms with van der Waals surface area (Å²) in [5.41, 5.74) is 8.03. The van der Waals surface area contributed by atoms with Gasteiger partial charge in [0.25, 0.3) is 5.56 Å². The molecule has 0 amide bonds. The van der Waals surface area contributed by atoms with Crippen molar-refractivity contribution in [1.29, 1.82) is 0 Å². The van der Waals surface area contributed by atoms with Crippen LogP contribution in [-0.2, 0) is 6.54 Å². The molecule has 0 bridgehead atoms. The smallest absolute Gasteiger partial charge is 0.273 e. The zero-order chi connectivity index (χ0) is 17.4. The highest BCUT2D eigenvalue weighted by Gasteiger charge is 2.22. The summed E-state index contributed by atoms with van der Waals surface area (Å²) in [5, 5.41) is 1.93. The largest absolute Gasteiger partial charge is 0.341 e. The first kappa shape index (κ1) is 16.8. The molecule has 1 aliphatic rings. The van der Waals surface area contributed by atoms with Crippen LogP contribution >= 0.6 is 27.3 Å². The standard InChI is InChI=1S/C18H19BrN4OS/c19-13-5-3-12(4-6-13)10-23-17(24)16-15(7-9-25-16)21-18(23)22-8-1-2-14(20)11-22/h3-7,9,14H,1-2,8,10-11,20H2. The summed E-state index contributed by atoms with van der Waals surface area (Å²) in [5.74, 6) is 0.731. The number of nitrogens with zero attached hydrogens (tertiary/aromatic N) is 3. The van der Waals surface area contributed by atoms with Gasteiger partial charge in [-0.1, -0.05) is 28.1 Å². The van der Waals surface area contributed by atoms with Crippen molar-refractivity contribution in [3.05, 3.63) is 56.1 Å². The number of hydrogen-bond donors (Lipinski definition) is 1. The predicted molar refractivity (Wildman–Crippen MR) is 107 cm³/mol. The minimum atomic E-state index is 0.0251. The third kappa shape index (κ3) is 3.36. The summed E-state index contributed by atoms with van der Waals surface area (Å²) in [6.45, 7) is 2.13. The van der Waals surface area contributed by atoms with E-state index in [0.29, 0.717) is 11.2 Å². The summed E-state index contributed by atoms with van der Waals surface area (Å²) >= 11 is 4.91. The Hall–Kier alpha value is -1.70. The number of halogens is 1. The molecule has 1 saturated heterocycles. The zero-order valence-electron chi connectivity index (χ0n) is 13.7. The van der Waals surface area contributed by atoms with Gasteiger partial charge in [-0.3, -0.25) is 9.36 Å². The lowest BCUT2D eigenvalue weighted by Gasteiger charge is -2.33. The van der Waals surface area contributed by atoms with E-state index in [4.69, 9.17) is 10.7 Å². The quantitative estimate of drug-likeness (QED) is 0.708. The molecule has 130 valence electrons. The summed E-state index contributed by atoms with van der Waals surface area (Å²) in [4.78, 5) is 20.0. The van der Waals surface area contributed by atoms with Crippen molar-refractivity contribution in [2.75, 3.05) is 18.0 Å². The molecule has 2 aromatic heterocycles. The molecule has 1 aliphatic heterocycles. The Balaban J connectivity index is 1.81. The number of anilines is 1. The molecular formula is C18H19BrN4OS. The number of hydrogen-bond acceptors (Lipinski definition) is 5. The first-order valence-corrected chi connectivity index (χ1v) is 10.0. The van der Waals surface area contributed by atoms with Crippen LogP contribution in [0.15, 0.2) is 45.0 Å². The third-order valence-corrected chi connectivity index (χ3v) is 5.96. The maximum Gasteiger partial charge on any atom is 0.273 e. The summed E-state index contributed by atoms with van der Waals surface area (Å²) < 4.78 is 3.53. The van der Waals surface area contributed by atoms with Gasteiger partial charge in [-0.2, -0.15) is 0 Å². The van der Waals surface area contributed by atoms with E-state index in [9.17, 15) is 4.79 Å². The van der Waals surface area contributed by atoms with Crippen molar-refractivity contribution in [2.24, 2.45) is 5.73 Å². The second-order valence-corrected chi connectivity index (χ2v) is 8.24. The van der Waals surface area contributed by atoms with Crippen LogP contribution in [-0.4, -0.2) is 28.7 Å². The monoisotopic (exact) mass is 418 g/mol. The molecule has 0 spiro atoms. The molecule has 1 atom stereocenters. The molecule has 0 saturated carbocycles. The number of fused-ring (bicyclic) bond motifs is 1. The first-order chi connectivity index (χ1) is 12.1. The van der Waals surface area contributed by atoms with E-state index < -0.39 is 0 Å². The molecule has 3 heterocycles. The van der Waals surface area contributed by atoms with Crippen LogP contribution in [0.2, 0.25) is 0 Å². The van der Waals surface area contributed by atoms with Gasteiger partial charge in [0.05, 0.1) is 12.1 Å². The molecule has 4 rings (SSSR count). The van der Waals surface area contributed by atoms with E-state index in [1.807, 2.05) is 35.7 Å². The Morgan fingerprint density at radius 1 is 1.28 bits per heavy atom. The predicted octanol–water partition coefficient (Wildman–Crippen LogP) is 3.20. The lowest BCUT2D eigenvalue weighted by Crippen LogP contribution is -2.45. The van der Waals surface area contributed by atoms with Gasteiger partial charge in [0, 0.05) is 23.6 Å². The number of thiophene rings is 1. The Morgan fingerprint density at radius 3 is 2.84 bits per heavy atom. The number of rotatable bonds is 3. The van der Waals surface area contributed by atoms with Gasteiger partial charge in [0.15, 0.2) is 0 Å².